The zero-order chi connectivity index (χ0) is 11.4. The Morgan fingerprint density at radius 3 is 2.12 bits per heavy atom. The normalized spacial score (nSPS) is 10.7. The molecule has 2 nitrogen and oxygen atoms in total. The molecule has 0 atom stereocenters. The highest BCUT2D eigenvalue weighted by atomic mass is 16.5. The van der Waals surface area contributed by atoms with Crippen LogP contribution in [0.3, 0.4) is 0 Å². The quantitative estimate of drug-likeness (QED) is 0.769. The van der Waals surface area contributed by atoms with Gasteiger partial charge in [0.2, 0.25) is 0 Å². The molecule has 2 heteroatoms. The largest absolute Gasteiger partial charge is 0.368 e. The van der Waals surface area contributed by atoms with Crippen molar-refractivity contribution in [1.82, 2.24) is 0 Å². The Balaban J connectivity index is 2.41. The van der Waals surface area contributed by atoms with Crippen LogP contribution in [0, 0.1) is 0 Å². The van der Waals surface area contributed by atoms with Crippen molar-refractivity contribution in [2.75, 3.05) is 0 Å². The first-order valence-corrected chi connectivity index (χ1v) is 5.27. The summed E-state index contributed by atoms with van der Waals surface area (Å²) in [5.41, 5.74) is 3.10. The standard InChI is InChI=1S/C14H14O2/c15-14(16)10-12-8-4-5-9-13(12)11-6-2-1-3-7-11/h1-9,14-16H,10H2. The molecule has 0 aliphatic carbocycles. The Labute approximate surface area is 94.8 Å². The van der Waals surface area contributed by atoms with Crippen LogP contribution in [0.15, 0.2) is 54.6 Å². The molecular weight excluding hydrogens is 200 g/mol. The molecule has 2 rings (SSSR count). The average molecular weight is 214 g/mol. The summed E-state index contributed by atoms with van der Waals surface area (Å²) in [6.07, 6.45) is -1.05. The van der Waals surface area contributed by atoms with Crippen molar-refractivity contribution in [3.05, 3.63) is 60.2 Å². The topological polar surface area (TPSA) is 40.5 Å². The first kappa shape index (κ1) is 10.9. The molecule has 16 heavy (non-hydrogen) atoms. The molecule has 0 bridgehead atoms. The summed E-state index contributed by atoms with van der Waals surface area (Å²) in [5.74, 6) is 0. The third-order valence-corrected chi connectivity index (χ3v) is 2.50. The second-order valence-electron chi connectivity index (χ2n) is 3.71. The van der Waals surface area contributed by atoms with E-state index in [9.17, 15) is 0 Å². The van der Waals surface area contributed by atoms with Crippen molar-refractivity contribution in [3.63, 3.8) is 0 Å². The maximum Gasteiger partial charge on any atom is 0.155 e. The SMILES string of the molecule is OC(O)Cc1ccccc1-c1ccccc1. The molecule has 0 amide bonds. The van der Waals surface area contributed by atoms with E-state index in [0.717, 1.165) is 16.7 Å². The summed E-state index contributed by atoms with van der Waals surface area (Å²) in [4.78, 5) is 0. The number of hydrogen-bond donors (Lipinski definition) is 2. The fourth-order valence-corrected chi connectivity index (χ4v) is 1.79. The molecule has 0 spiro atoms. The van der Waals surface area contributed by atoms with Gasteiger partial charge in [0, 0.05) is 6.42 Å². The van der Waals surface area contributed by atoms with Gasteiger partial charge in [0.15, 0.2) is 6.29 Å². The van der Waals surface area contributed by atoms with Gasteiger partial charge in [0.1, 0.15) is 0 Å². The van der Waals surface area contributed by atoms with Crippen molar-refractivity contribution in [2.24, 2.45) is 0 Å². The van der Waals surface area contributed by atoms with Gasteiger partial charge in [-0.1, -0.05) is 54.6 Å². The number of aliphatic hydroxyl groups is 2. The number of aliphatic hydroxyl groups excluding tert-OH is 1. The lowest BCUT2D eigenvalue weighted by molar-refractivity contribution is -0.0380. The Morgan fingerprint density at radius 1 is 0.812 bits per heavy atom. The van der Waals surface area contributed by atoms with Crippen molar-refractivity contribution < 1.29 is 10.2 Å². The van der Waals surface area contributed by atoms with Crippen LogP contribution in [0.2, 0.25) is 0 Å². The Morgan fingerprint density at radius 2 is 1.44 bits per heavy atom. The van der Waals surface area contributed by atoms with Gasteiger partial charge in [0.25, 0.3) is 0 Å². The highest BCUT2D eigenvalue weighted by Crippen LogP contribution is 2.23. The maximum absolute atomic E-state index is 9.03. The first-order valence-electron chi connectivity index (χ1n) is 5.27. The second-order valence-corrected chi connectivity index (χ2v) is 3.71. The summed E-state index contributed by atoms with van der Waals surface area (Å²) in [6.45, 7) is 0. The van der Waals surface area contributed by atoms with Crippen LogP contribution < -0.4 is 0 Å². The maximum atomic E-state index is 9.03. The van der Waals surface area contributed by atoms with Crippen LogP contribution >= 0.6 is 0 Å². The smallest absolute Gasteiger partial charge is 0.155 e. The van der Waals surface area contributed by atoms with Gasteiger partial charge in [-0.2, -0.15) is 0 Å². The van der Waals surface area contributed by atoms with Gasteiger partial charge in [-0.25, -0.2) is 0 Å². The van der Waals surface area contributed by atoms with Crippen LogP contribution in [-0.2, 0) is 6.42 Å². The molecule has 2 N–H and O–H groups in total. The third kappa shape index (κ3) is 2.48. The second kappa shape index (κ2) is 4.92. The number of rotatable bonds is 3. The highest BCUT2D eigenvalue weighted by Gasteiger charge is 2.07. The average Bonchev–Trinajstić information content (AvgIpc) is 2.30. The summed E-state index contributed by atoms with van der Waals surface area (Å²) >= 11 is 0. The number of benzene rings is 2. The van der Waals surface area contributed by atoms with E-state index in [0.29, 0.717) is 0 Å². The van der Waals surface area contributed by atoms with E-state index in [1.807, 2.05) is 54.6 Å². The van der Waals surface area contributed by atoms with Crippen LogP contribution in [0.5, 0.6) is 0 Å². The molecule has 0 unspecified atom stereocenters. The third-order valence-electron chi connectivity index (χ3n) is 2.50. The van der Waals surface area contributed by atoms with Crippen molar-refractivity contribution in [1.29, 1.82) is 0 Å². The van der Waals surface area contributed by atoms with Crippen LogP contribution in [0.4, 0.5) is 0 Å². The first-order chi connectivity index (χ1) is 7.77. The van der Waals surface area contributed by atoms with Crippen molar-refractivity contribution in [3.8, 4) is 11.1 Å². The lowest BCUT2D eigenvalue weighted by Gasteiger charge is -2.10. The van der Waals surface area contributed by atoms with E-state index in [2.05, 4.69) is 0 Å². The van der Waals surface area contributed by atoms with E-state index in [1.165, 1.54) is 0 Å². The highest BCUT2D eigenvalue weighted by molar-refractivity contribution is 5.67. The summed E-state index contributed by atoms with van der Waals surface area (Å²) in [5, 5.41) is 18.1. The Hall–Kier alpha value is -1.64. The van der Waals surface area contributed by atoms with Crippen molar-refractivity contribution >= 4 is 0 Å². The molecule has 0 fully saturated rings. The van der Waals surface area contributed by atoms with Crippen LogP contribution in [-0.4, -0.2) is 16.5 Å². The van der Waals surface area contributed by atoms with Crippen LogP contribution in [0.25, 0.3) is 11.1 Å². The lowest BCUT2D eigenvalue weighted by Crippen LogP contribution is -2.09. The van der Waals surface area contributed by atoms with Gasteiger partial charge in [0.05, 0.1) is 0 Å². The molecule has 2 aromatic rings. The van der Waals surface area contributed by atoms with Gasteiger partial charge in [-0.05, 0) is 16.7 Å². The van der Waals surface area contributed by atoms with E-state index < -0.39 is 6.29 Å². The summed E-state index contributed by atoms with van der Waals surface area (Å²) in [6, 6.07) is 17.7. The monoisotopic (exact) mass is 214 g/mol. The minimum absolute atomic E-state index is 0.255. The van der Waals surface area contributed by atoms with Gasteiger partial charge in [-0.15, -0.1) is 0 Å². The molecular formula is C14H14O2. The zero-order valence-electron chi connectivity index (χ0n) is 8.88. The Kier molecular flexibility index (Phi) is 3.34. The van der Waals surface area contributed by atoms with Gasteiger partial charge < -0.3 is 10.2 Å². The van der Waals surface area contributed by atoms with Gasteiger partial charge in [-0.3, -0.25) is 0 Å². The number of hydrogen-bond acceptors (Lipinski definition) is 2. The van der Waals surface area contributed by atoms with Gasteiger partial charge >= 0.3 is 0 Å². The lowest BCUT2D eigenvalue weighted by atomic mass is 9.98. The van der Waals surface area contributed by atoms with Crippen LogP contribution in [0.1, 0.15) is 5.56 Å². The minimum atomic E-state index is -1.30. The predicted molar refractivity (Wildman–Crippen MR) is 63.8 cm³/mol. The molecule has 0 radical (unpaired) electrons. The van der Waals surface area contributed by atoms with E-state index in [4.69, 9.17) is 10.2 Å². The molecule has 0 aliphatic heterocycles. The fourth-order valence-electron chi connectivity index (χ4n) is 1.79. The predicted octanol–water partition coefficient (Wildman–Crippen LogP) is 2.21. The molecule has 0 aliphatic rings. The minimum Gasteiger partial charge on any atom is -0.368 e. The molecule has 82 valence electrons. The molecule has 2 aromatic carbocycles. The fraction of sp³-hybridized carbons (Fsp3) is 0.143. The summed E-state index contributed by atoms with van der Waals surface area (Å²) in [7, 11) is 0. The zero-order valence-corrected chi connectivity index (χ0v) is 8.88. The molecule has 0 aromatic heterocycles. The van der Waals surface area contributed by atoms with E-state index in [1.54, 1.807) is 0 Å². The van der Waals surface area contributed by atoms with Crippen molar-refractivity contribution in [2.45, 2.75) is 12.7 Å². The van der Waals surface area contributed by atoms with E-state index in [-0.39, 0.29) is 6.42 Å². The summed E-state index contributed by atoms with van der Waals surface area (Å²) < 4.78 is 0. The molecule has 0 saturated heterocycles. The molecule has 0 heterocycles. The van der Waals surface area contributed by atoms with E-state index >= 15 is 0 Å². The Bertz CT molecular complexity index is 449. The molecule has 0 saturated carbocycles.